The molecule has 0 aliphatic rings. The number of hydrogen-bond donors (Lipinski definition) is 0. The van der Waals surface area contributed by atoms with Crippen LogP contribution in [0.25, 0.3) is 0 Å². The van der Waals surface area contributed by atoms with E-state index in [1.807, 2.05) is 0 Å². The van der Waals surface area contributed by atoms with Crippen molar-refractivity contribution in [2.45, 2.75) is 149 Å². The molecule has 2 unspecified atom stereocenters. The minimum absolute atomic E-state index is 0.966. The van der Waals surface area contributed by atoms with Gasteiger partial charge in [0.25, 0.3) is 0 Å². The summed E-state index contributed by atoms with van der Waals surface area (Å²) in [4.78, 5) is 0. The fraction of sp³-hybridized carbons (Fsp3) is 0.862. The summed E-state index contributed by atoms with van der Waals surface area (Å²) in [5, 5.41) is 0. The van der Waals surface area contributed by atoms with Crippen molar-refractivity contribution in [1.29, 1.82) is 0 Å². The van der Waals surface area contributed by atoms with Gasteiger partial charge in [0, 0.05) is 0 Å². The van der Waals surface area contributed by atoms with Gasteiger partial charge in [-0.2, -0.15) is 0 Å². The molecular formula is C29H56. The third-order valence-corrected chi connectivity index (χ3v) is 6.76. The molecule has 0 aliphatic heterocycles. The largest absolute Gasteiger partial charge is 0.0885 e. The highest BCUT2D eigenvalue weighted by Crippen LogP contribution is 2.22. The van der Waals surface area contributed by atoms with Crippen molar-refractivity contribution >= 4 is 0 Å². The molecule has 0 fully saturated rings. The molecule has 0 spiro atoms. The molecule has 0 N–H and O–H groups in total. The Morgan fingerprint density at radius 2 is 0.862 bits per heavy atom. The van der Waals surface area contributed by atoms with Gasteiger partial charge in [-0.3, -0.25) is 0 Å². The van der Waals surface area contributed by atoms with E-state index in [4.69, 9.17) is 0 Å². The first-order valence-electron chi connectivity index (χ1n) is 13.5. The molecule has 2 radical (unpaired) electrons. The molecule has 0 aliphatic carbocycles. The Hall–Kier alpha value is -0.260. The number of allylic oxidation sites excluding steroid dienone is 2. The van der Waals surface area contributed by atoms with E-state index < -0.39 is 0 Å². The van der Waals surface area contributed by atoms with Crippen LogP contribution in [-0.2, 0) is 0 Å². The normalized spacial score (nSPS) is 13.9. The van der Waals surface area contributed by atoms with Crippen LogP contribution in [0.15, 0.2) is 12.2 Å². The van der Waals surface area contributed by atoms with Crippen LogP contribution in [0, 0.1) is 25.7 Å². The van der Waals surface area contributed by atoms with Crippen molar-refractivity contribution in [3.63, 3.8) is 0 Å². The number of rotatable bonds is 23. The molecule has 0 saturated carbocycles. The van der Waals surface area contributed by atoms with E-state index in [1.165, 1.54) is 122 Å². The monoisotopic (exact) mass is 404 g/mol. The predicted octanol–water partition coefficient (Wildman–Crippen LogP) is 10.7. The highest BCUT2D eigenvalue weighted by Gasteiger charge is 2.06. The van der Waals surface area contributed by atoms with E-state index in [2.05, 4.69) is 39.8 Å². The lowest BCUT2D eigenvalue weighted by Crippen LogP contribution is -1.99. The average molecular weight is 405 g/mol. The second kappa shape index (κ2) is 24.0. The lowest BCUT2D eigenvalue weighted by Gasteiger charge is -2.14. The van der Waals surface area contributed by atoms with Gasteiger partial charge in [-0.05, 0) is 37.5 Å². The fourth-order valence-electron chi connectivity index (χ4n) is 4.49. The highest BCUT2D eigenvalue weighted by molar-refractivity contribution is 4.81. The molecule has 29 heavy (non-hydrogen) atoms. The predicted molar refractivity (Wildman–Crippen MR) is 135 cm³/mol. The zero-order valence-electron chi connectivity index (χ0n) is 20.6. The molecule has 0 heteroatoms. The van der Waals surface area contributed by atoms with Gasteiger partial charge in [-0.25, -0.2) is 0 Å². The lowest BCUT2D eigenvalue weighted by atomic mass is 9.92. The maximum Gasteiger partial charge on any atom is -0.0351 e. The first-order chi connectivity index (χ1) is 14.3. The Morgan fingerprint density at radius 3 is 1.31 bits per heavy atom. The van der Waals surface area contributed by atoms with Crippen molar-refractivity contribution in [3.05, 3.63) is 26.0 Å². The van der Waals surface area contributed by atoms with Gasteiger partial charge in [-0.1, -0.05) is 149 Å². The molecule has 0 bridgehead atoms. The Labute approximate surface area is 186 Å². The van der Waals surface area contributed by atoms with Gasteiger partial charge in [0.05, 0.1) is 0 Å². The van der Waals surface area contributed by atoms with E-state index in [0.29, 0.717) is 0 Å². The van der Waals surface area contributed by atoms with Crippen LogP contribution in [-0.4, -0.2) is 0 Å². The summed E-state index contributed by atoms with van der Waals surface area (Å²) in [5.41, 5.74) is 0. The molecule has 0 aromatic carbocycles. The maximum atomic E-state index is 3.94. The molecule has 0 amide bonds. The maximum absolute atomic E-state index is 3.94. The smallest absolute Gasteiger partial charge is 0.0351 e. The minimum atomic E-state index is 0.966. The van der Waals surface area contributed by atoms with Crippen LogP contribution in [0.4, 0.5) is 0 Å². The zero-order chi connectivity index (χ0) is 21.4. The van der Waals surface area contributed by atoms with Crippen molar-refractivity contribution in [1.82, 2.24) is 0 Å². The third kappa shape index (κ3) is 20.8. The molecule has 0 saturated heterocycles. The standard InChI is InChI=1S/C29H56/c1-5-9-11-16-20-24-28(7-3)26-22-18-14-13-15-19-23-27-29(8-4)25-21-17-12-10-6-2/h13-14,28-29H,1-2,5-12,15-27H2,3-4H3/b14-13+. The summed E-state index contributed by atoms with van der Waals surface area (Å²) in [6.07, 6.45) is 33.6. The Bertz CT molecular complexity index is 316. The molecule has 0 rings (SSSR count). The summed E-state index contributed by atoms with van der Waals surface area (Å²) < 4.78 is 0. The summed E-state index contributed by atoms with van der Waals surface area (Å²) >= 11 is 0. The topological polar surface area (TPSA) is 0 Å². The second-order valence-corrected chi connectivity index (χ2v) is 9.35. The van der Waals surface area contributed by atoms with Gasteiger partial charge in [0.2, 0.25) is 0 Å². The summed E-state index contributed by atoms with van der Waals surface area (Å²) in [7, 11) is 0. The van der Waals surface area contributed by atoms with Gasteiger partial charge in [0.1, 0.15) is 0 Å². The van der Waals surface area contributed by atoms with Crippen LogP contribution >= 0.6 is 0 Å². The lowest BCUT2D eigenvalue weighted by molar-refractivity contribution is 0.398. The molecule has 0 aromatic heterocycles. The zero-order valence-corrected chi connectivity index (χ0v) is 20.6. The average Bonchev–Trinajstić information content (AvgIpc) is 2.74. The van der Waals surface area contributed by atoms with Gasteiger partial charge < -0.3 is 0 Å². The van der Waals surface area contributed by atoms with Crippen molar-refractivity contribution in [3.8, 4) is 0 Å². The van der Waals surface area contributed by atoms with Gasteiger partial charge in [-0.15, -0.1) is 0 Å². The van der Waals surface area contributed by atoms with Gasteiger partial charge >= 0.3 is 0 Å². The summed E-state index contributed by atoms with van der Waals surface area (Å²) in [5.74, 6) is 1.94. The molecular weight excluding hydrogens is 348 g/mol. The highest BCUT2D eigenvalue weighted by atomic mass is 14.1. The second-order valence-electron chi connectivity index (χ2n) is 9.35. The summed E-state index contributed by atoms with van der Waals surface area (Å²) in [6.45, 7) is 12.6. The molecule has 0 heterocycles. The number of hydrogen-bond acceptors (Lipinski definition) is 0. The van der Waals surface area contributed by atoms with Crippen LogP contribution in [0.3, 0.4) is 0 Å². The molecule has 0 aromatic rings. The molecule has 172 valence electrons. The van der Waals surface area contributed by atoms with E-state index >= 15 is 0 Å². The van der Waals surface area contributed by atoms with E-state index in [1.54, 1.807) is 0 Å². The van der Waals surface area contributed by atoms with Gasteiger partial charge in [0.15, 0.2) is 0 Å². The van der Waals surface area contributed by atoms with Crippen molar-refractivity contribution < 1.29 is 0 Å². The quantitative estimate of drug-likeness (QED) is 0.117. The third-order valence-electron chi connectivity index (χ3n) is 6.76. The van der Waals surface area contributed by atoms with E-state index in [0.717, 1.165) is 24.7 Å². The molecule has 2 atom stereocenters. The van der Waals surface area contributed by atoms with Crippen molar-refractivity contribution in [2.75, 3.05) is 0 Å². The van der Waals surface area contributed by atoms with Crippen molar-refractivity contribution in [2.24, 2.45) is 11.8 Å². The van der Waals surface area contributed by atoms with E-state index in [9.17, 15) is 0 Å². The van der Waals surface area contributed by atoms with E-state index in [-0.39, 0.29) is 0 Å². The Morgan fingerprint density at radius 1 is 0.483 bits per heavy atom. The van der Waals surface area contributed by atoms with Crippen LogP contribution in [0.1, 0.15) is 149 Å². The van der Waals surface area contributed by atoms with Crippen LogP contribution in [0.2, 0.25) is 0 Å². The SMILES string of the molecule is [CH2]CCCCCCC(CC)CCC/C=C/CCCCC(CC)CCCCCC[CH2]. The van der Waals surface area contributed by atoms with Crippen LogP contribution < -0.4 is 0 Å². The fourth-order valence-corrected chi connectivity index (χ4v) is 4.49. The Kier molecular flexibility index (Phi) is 23.8. The first kappa shape index (κ1) is 28.7. The minimum Gasteiger partial charge on any atom is -0.0885 e. The Balaban J connectivity index is 3.55. The van der Waals surface area contributed by atoms with Crippen LogP contribution in [0.5, 0.6) is 0 Å². The first-order valence-corrected chi connectivity index (χ1v) is 13.5. The molecule has 0 nitrogen and oxygen atoms in total. The summed E-state index contributed by atoms with van der Waals surface area (Å²) in [6, 6.07) is 0. The number of unbranched alkanes of at least 4 members (excludes halogenated alkanes) is 11.